The number of rotatable bonds is 1. The van der Waals surface area contributed by atoms with Gasteiger partial charge in [0, 0.05) is 12.2 Å². The molecule has 0 spiro atoms. The van der Waals surface area contributed by atoms with Gasteiger partial charge in [0.25, 0.3) is 5.91 Å². The van der Waals surface area contributed by atoms with Crippen molar-refractivity contribution >= 4 is 11.6 Å². The Bertz CT molecular complexity index is 513. The number of nitrogens with zero attached hydrogens (tertiary/aromatic N) is 2. The molecule has 1 unspecified atom stereocenters. The number of ether oxygens (including phenoxy) is 1. The summed E-state index contributed by atoms with van der Waals surface area (Å²) in [5.41, 5.74) is 5.95. The molecule has 1 aliphatic heterocycles. The van der Waals surface area contributed by atoms with Crippen LogP contribution in [0.15, 0.2) is 18.2 Å². The van der Waals surface area contributed by atoms with Crippen molar-refractivity contribution in [3.05, 3.63) is 29.6 Å². The first-order valence-corrected chi connectivity index (χ1v) is 5.47. The van der Waals surface area contributed by atoms with Crippen LogP contribution in [0.5, 0.6) is 0 Å². The first kappa shape index (κ1) is 12.3. The third-order valence-corrected chi connectivity index (χ3v) is 2.74. The van der Waals surface area contributed by atoms with Gasteiger partial charge in [0.15, 0.2) is 6.10 Å². The highest BCUT2D eigenvalue weighted by molar-refractivity contribution is 5.99. The Morgan fingerprint density at radius 3 is 3.06 bits per heavy atom. The second-order valence-electron chi connectivity index (χ2n) is 3.97. The number of benzene rings is 1. The second kappa shape index (κ2) is 5.02. The van der Waals surface area contributed by atoms with Crippen LogP contribution in [0.4, 0.5) is 10.1 Å². The minimum absolute atomic E-state index is 0.0972. The molecule has 1 fully saturated rings. The normalized spacial score (nSPS) is 19.3. The molecule has 18 heavy (non-hydrogen) atoms. The summed E-state index contributed by atoms with van der Waals surface area (Å²) in [7, 11) is 0. The highest BCUT2D eigenvalue weighted by Gasteiger charge is 2.25. The van der Waals surface area contributed by atoms with Crippen LogP contribution in [0.1, 0.15) is 10.4 Å². The van der Waals surface area contributed by atoms with Crippen molar-refractivity contribution in [1.29, 1.82) is 5.26 Å². The van der Waals surface area contributed by atoms with Gasteiger partial charge < -0.3 is 15.4 Å². The summed E-state index contributed by atoms with van der Waals surface area (Å²) in [4.78, 5) is 13.6. The van der Waals surface area contributed by atoms with E-state index in [-0.39, 0.29) is 23.7 Å². The highest BCUT2D eigenvalue weighted by Crippen LogP contribution is 2.17. The van der Waals surface area contributed by atoms with Gasteiger partial charge in [-0.25, -0.2) is 4.39 Å². The van der Waals surface area contributed by atoms with Gasteiger partial charge in [-0.1, -0.05) is 0 Å². The number of hydrogen-bond donors (Lipinski definition) is 1. The Hall–Kier alpha value is -2.13. The van der Waals surface area contributed by atoms with Crippen LogP contribution in [-0.4, -0.2) is 36.6 Å². The zero-order chi connectivity index (χ0) is 13.1. The minimum atomic E-state index is -0.621. The average molecular weight is 249 g/mol. The molecular weight excluding hydrogens is 237 g/mol. The molecule has 0 aliphatic carbocycles. The van der Waals surface area contributed by atoms with Crippen molar-refractivity contribution < 1.29 is 13.9 Å². The largest absolute Gasteiger partial charge is 0.398 e. The van der Waals surface area contributed by atoms with E-state index in [1.165, 1.54) is 17.0 Å². The van der Waals surface area contributed by atoms with Crippen LogP contribution in [0, 0.1) is 17.1 Å². The maximum Gasteiger partial charge on any atom is 0.256 e. The molecule has 0 radical (unpaired) electrons. The van der Waals surface area contributed by atoms with E-state index in [1.54, 1.807) is 0 Å². The molecule has 2 rings (SSSR count). The molecule has 1 aromatic rings. The number of nitrogen functional groups attached to an aromatic ring is 1. The first-order valence-electron chi connectivity index (χ1n) is 5.47. The molecule has 5 nitrogen and oxygen atoms in total. The van der Waals surface area contributed by atoms with Crippen molar-refractivity contribution in [2.75, 3.05) is 25.4 Å². The van der Waals surface area contributed by atoms with Gasteiger partial charge in [0.05, 0.1) is 24.8 Å². The summed E-state index contributed by atoms with van der Waals surface area (Å²) >= 11 is 0. The van der Waals surface area contributed by atoms with E-state index in [0.717, 1.165) is 6.07 Å². The zero-order valence-corrected chi connectivity index (χ0v) is 9.60. The van der Waals surface area contributed by atoms with Gasteiger partial charge in [-0.2, -0.15) is 5.26 Å². The van der Waals surface area contributed by atoms with Crippen LogP contribution >= 0.6 is 0 Å². The summed E-state index contributed by atoms with van der Waals surface area (Å²) < 4.78 is 18.0. The van der Waals surface area contributed by atoms with E-state index < -0.39 is 11.9 Å². The predicted octanol–water partition coefficient (Wildman–Crippen LogP) is 0.772. The fraction of sp³-hybridized carbons (Fsp3) is 0.333. The lowest BCUT2D eigenvalue weighted by Gasteiger charge is -2.30. The van der Waals surface area contributed by atoms with Crippen LogP contribution in [-0.2, 0) is 4.74 Å². The predicted molar refractivity (Wildman–Crippen MR) is 62.1 cm³/mol. The van der Waals surface area contributed by atoms with Gasteiger partial charge in [0.2, 0.25) is 0 Å². The number of carbonyl (C=O) groups is 1. The monoisotopic (exact) mass is 249 g/mol. The molecular formula is C12H12FN3O2. The third-order valence-electron chi connectivity index (χ3n) is 2.74. The summed E-state index contributed by atoms with van der Waals surface area (Å²) in [6.45, 7) is 0.908. The number of morpholine rings is 1. The number of carbonyl (C=O) groups excluding carboxylic acids is 1. The van der Waals surface area contributed by atoms with Crippen LogP contribution in [0.3, 0.4) is 0 Å². The van der Waals surface area contributed by atoms with Gasteiger partial charge >= 0.3 is 0 Å². The average Bonchev–Trinajstić information content (AvgIpc) is 2.38. The number of halogens is 1. The minimum Gasteiger partial charge on any atom is -0.398 e. The second-order valence-corrected chi connectivity index (χ2v) is 3.97. The van der Waals surface area contributed by atoms with E-state index in [0.29, 0.717) is 13.2 Å². The molecule has 0 bridgehead atoms. The molecule has 1 aliphatic rings. The Labute approximate surface area is 104 Å². The van der Waals surface area contributed by atoms with Crippen molar-refractivity contribution in [2.45, 2.75) is 6.10 Å². The Kier molecular flexibility index (Phi) is 3.44. The van der Waals surface area contributed by atoms with E-state index in [4.69, 9.17) is 15.7 Å². The first-order chi connectivity index (χ1) is 8.61. The standard InChI is InChI=1S/C12H12FN3O2/c13-8-1-2-10(11(15)5-8)12(17)16-3-4-18-9(6-14)7-16/h1-2,5,9H,3-4,7,15H2. The number of nitrogens with two attached hydrogens (primary N) is 1. The molecule has 0 saturated carbocycles. The lowest BCUT2D eigenvalue weighted by Crippen LogP contribution is -2.45. The van der Waals surface area contributed by atoms with Crippen molar-refractivity contribution in [2.24, 2.45) is 0 Å². The molecule has 1 heterocycles. The smallest absolute Gasteiger partial charge is 0.256 e. The number of anilines is 1. The summed E-state index contributed by atoms with van der Waals surface area (Å²) in [5.74, 6) is -0.794. The van der Waals surface area contributed by atoms with Crippen LogP contribution in [0.25, 0.3) is 0 Å². The molecule has 2 N–H and O–H groups in total. The fourth-order valence-electron chi connectivity index (χ4n) is 1.81. The Morgan fingerprint density at radius 1 is 1.61 bits per heavy atom. The summed E-state index contributed by atoms with van der Waals surface area (Å²) in [6, 6.07) is 5.60. The maximum absolute atomic E-state index is 12.9. The van der Waals surface area contributed by atoms with Gasteiger partial charge in [-0.05, 0) is 18.2 Å². The SMILES string of the molecule is N#CC1CN(C(=O)c2ccc(F)cc2N)CCO1. The Morgan fingerprint density at radius 2 is 2.39 bits per heavy atom. The molecule has 1 amide bonds. The molecule has 1 atom stereocenters. The fourth-order valence-corrected chi connectivity index (χ4v) is 1.81. The van der Waals surface area contributed by atoms with E-state index in [9.17, 15) is 9.18 Å². The molecule has 1 saturated heterocycles. The lowest BCUT2D eigenvalue weighted by atomic mass is 10.1. The third kappa shape index (κ3) is 2.41. The van der Waals surface area contributed by atoms with Crippen molar-refractivity contribution in [1.82, 2.24) is 4.90 Å². The number of nitriles is 1. The topological polar surface area (TPSA) is 79.4 Å². The number of hydrogen-bond acceptors (Lipinski definition) is 4. The van der Waals surface area contributed by atoms with Crippen molar-refractivity contribution in [3.8, 4) is 6.07 Å². The molecule has 1 aromatic carbocycles. The number of amides is 1. The lowest BCUT2D eigenvalue weighted by molar-refractivity contribution is 0.00351. The van der Waals surface area contributed by atoms with Crippen molar-refractivity contribution in [3.63, 3.8) is 0 Å². The Balaban J connectivity index is 2.18. The highest BCUT2D eigenvalue weighted by atomic mass is 19.1. The molecule has 94 valence electrons. The summed E-state index contributed by atoms with van der Waals surface area (Å²) in [6.07, 6.45) is -0.621. The van der Waals surface area contributed by atoms with E-state index in [2.05, 4.69) is 0 Å². The van der Waals surface area contributed by atoms with E-state index >= 15 is 0 Å². The van der Waals surface area contributed by atoms with Gasteiger partial charge in [0.1, 0.15) is 5.82 Å². The quantitative estimate of drug-likeness (QED) is 0.746. The van der Waals surface area contributed by atoms with Gasteiger partial charge in [-0.15, -0.1) is 0 Å². The van der Waals surface area contributed by atoms with Gasteiger partial charge in [-0.3, -0.25) is 4.79 Å². The maximum atomic E-state index is 12.9. The van der Waals surface area contributed by atoms with Crippen LogP contribution in [0.2, 0.25) is 0 Å². The van der Waals surface area contributed by atoms with E-state index in [1.807, 2.05) is 6.07 Å². The molecule has 0 aromatic heterocycles. The molecule has 6 heteroatoms. The summed E-state index contributed by atoms with van der Waals surface area (Å²) in [5, 5.41) is 8.76. The zero-order valence-electron chi connectivity index (χ0n) is 9.60. The van der Waals surface area contributed by atoms with Crippen LogP contribution < -0.4 is 5.73 Å².